The average Bonchev–Trinajstić information content (AvgIpc) is 3.65. The number of piperazine rings is 1. The van der Waals surface area contributed by atoms with Gasteiger partial charge in [0.25, 0.3) is 5.91 Å². The molecule has 4 aromatic rings. The van der Waals surface area contributed by atoms with E-state index in [0.717, 1.165) is 5.56 Å². The number of β-amino-alcohol motifs (C(OH)–C–C–N with tert-alkyl or cyclic N) is 1. The number of fused-ring (bicyclic) bond motifs is 1. The topological polar surface area (TPSA) is 144 Å². The van der Waals surface area contributed by atoms with Crippen LogP contribution in [0.3, 0.4) is 0 Å². The van der Waals surface area contributed by atoms with Gasteiger partial charge in [0.05, 0.1) is 29.5 Å². The zero-order valence-corrected chi connectivity index (χ0v) is 23.2. The Labute approximate surface area is 243 Å². The molecule has 2 amide bonds. The van der Waals surface area contributed by atoms with E-state index in [9.17, 15) is 27.9 Å². The Morgan fingerprint density at radius 1 is 1.12 bits per heavy atom. The van der Waals surface area contributed by atoms with E-state index in [-0.39, 0.29) is 23.1 Å². The smallest absolute Gasteiger partial charge is 0.391 e. The van der Waals surface area contributed by atoms with Crippen LogP contribution in [-0.4, -0.2) is 96.7 Å². The number of alkyl halides is 3. The molecule has 0 bridgehead atoms. The highest BCUT2D eigenvalue weighted by Gasteiger charge is 2.38. The SMILES string of the molecule is Cc1cc(Nc2nccn3c(-c4c[nH]nc4C(F)(F)F)cnc23)ccc1C(=O)N1CCN(C(=O)[C@H]2CCNC[C@H]2O)CC1. The van der Waals surface area contributed by atoms with Gasteiger partial charge in [0.15, 0.2) is 17.2 Å². The van der Waals surface area contributed by atoms with E-state index in [4.69, 9.17) is 0 Å². The molecule has 0 radical (unpaired) electrons. The fraction of sp³-hybridized carbons (Fsp3) is 0.393. The Morgan fingerprint density at radius 2 is 1.88 bits per heavy atom. The zero-order valence-electron chi connectivity index (χ0n) is 23.2. The lowest BCUT2D eigenvalue weighted by Crippen LogP contribution is -2.55. The lowest BCUT2D eigenvalue weighted by atomic mass is 9.93. The summed E-state index contributed by atoms with van der Waals surface area (Å²) in [5.41, 5.74) is 1.20. The van der Waals surface area contributed by atoms with E-state index in [1.54, 1.807) is 28.0 Å². The average molecular weight is 598 g/mol. The molecule has 2 aliphatic heterocycles. The van der Waals surface area contributed by atoms with Crippen molar-refractivity contribution in [1.29, 1.82) is 0 Å². The number of aliphatic hydroxyl groups is 1. The number of nitrogens with one attached hydrogen (secondary N) is 3. The number of nitrogens with zero attached hydrogens (tertiary/aromatic N) is 6. The van der Waals surface area contributed by atoms with Gasteiger partial charge in [-0.15, -0.1) is 0 Å². The van der Waals surface area contributed by atoms with E-state index >= 15 is 0 Å². The summed E-state index contributed by atoms with van der Waals surface area (Å²) in [7, 11) is 0. The highest BCUT2D eigenvalue weighted by molar-refractivity contribution is 5.96. The highest BCUT2D eigenvalue weighted by atomic mass is 19.4. The monoisotopic (exact) mass is 597 g/mol. The summed E-state index contributed by atoms with van der Waals surface area (Å²) in [4.78, 5) is 38.3. The second-order valence-electron chi connectivity index (χ2n) is 10.7. The third-order valence-electron chi connectivity index (χ3n) is 7.98. The molecule has 2 atom stereocenters. The number of imidazole rings is 1. The Balaban J connectivity index is 1.14. The second kappa shape index (κ2) is 11.3. The number of H-pyrrole nitrogens is 1. The van der Waals surface area contributed by atoms with Crippen molar-refractivity contribution < 1.29 is 27.9 Å². The fourth-order valence-electron chi connectivity index (χ4n) is 5.69. The van der Waals surface area contributed by atoms with Crippen molar-refractivity contribution in [2.24, 2.45) is 5.92 Å². The number of aromatic amines is 1. The molecular weight excluding hydrogens is 567 g/mol. The molecule has 226 valence electrons. The standard InChI is InChI=1S/C28H30F3N9O3/c1-16-12-17(36-24-25-34-14-21(40(25)7-6-33-24)20-13-35-37-23(20)28(29,30)31)2-3-18(16)26(42)38-8-10-39(11-9-38)27(43)19-4-5-32-15-22(19)41/h2-3,6-7,12-14,19,22,32,41H,4-5,8-11,15H2,1H3,(H,33,36)(H,35,37)/t19-,22+/m0/s1. The highest BCUT2D eigenvalue weighted by Crippen LogP contribution is 2.36. The first-order valence-electron chi connectivity index (χ1n) is 13.9. The normalized spacial score (nSPS) is 19.6. The Morgan fingerprint density at radius 3 is 2.60 bits per heavy atom. The van der Waals surface area contributed by atoms with E-state index < -0.39 is 23.9 Å². The van der Waals surface area contributed by atoms with Gasteiger partial charge < -0.3 is 25.5 Å². The third kappa shape index (κ3) is 5.52. The molecule has 2 fully saturated rings. The van der Waals surface area contributed by atoms with Crippen molar-refractivity contribution in [1.82, 2.24) is 39.7 Å². The van der Waals surface area contributed by atoms with Crippen LogP contribution < -0.4 is 10.6 Å². The van der Waals surface area contributed by atoms with Gasteiger partial charge in [0, 0.05) is 62.6 Å². The molecule has 0 saturated carbocycles. The first-order valence-corrected chi connectivity index (χ1v) is 13.9. The minimum absolute atomic E-state index is 0.0634. The number of rotatable bonds is 5. The molecule has 43 heavy (non-hydrogen) atoms. The number of piperidine rings is 1. The van der Waals surface area contributed by atoms with Crippen molar-refractivity contribution in [3.63, 3.8) is 0 Å². The van der Waals surface area contributed by atoms with Crippen molar-refractivity contribution in [3.05, 3.63) is 59.8 Å². The van der Waals surface area contributed by atoms with Crippen molar-refractivity contribution in [3.8, 4) is 11.3 Å². The quantitative estimate of drug-likeness (QED) is 0.275. The number of amides is 2. The van der Waals surface area contributed by atoms with Crippen molar-refractivity contribution >= 4 is 29.0 Å². The van der Waals surface area contributed by atoms with Crippen molar-refractivity contribution in [2.75, 3.05) is 44.6 Å². The maximum Gasteiger partial charge on any atom is 0.435 e. The second-order valence-corrected chi connectivity index (χ2v) is 10.7. The number of hydrogen-bond donors (Lipinski definition) is 4. The van der Waals surface area contributed by atoms with E-state index in [1.165, 1.54) is 29.2 Å². The maximum atomic E-state index is 13.4. The summed E-state index contributed by atoms with van der Waals surface area (Å²) in [6, 6.07) is 5.23. The molecule has 0 spiro atoms. The minimum atomic E-state index is -4.63. The predicted octanol–water partition coefficient (Wildman–Crippen LogP) is 2.45. The van der Waals surface area contributed by atoms with Gasteiger partial charge >= 0.3 is 6.18 Å². The largest absolute Gasteiger partial charge is 0.435 e. The lowest BCUT2D eigenvalue weighted by molar-refractivity contribution is -0.142. The lowest BCUT2D eigenvalue weighted by Gasteiger charge is -2.38. The van der Waals surface area contributed by atoms with Gasteiger partial charge in [0.2, 0.25) is 5.91 Å². The molecule has 0 unspecified atom stereocenters. The van der Waals surface area contributed by atoms with E-state index in [2.05, 4.69) is 30.8 Å². The van der Waals surface area contributed by atoms with Gasteiger partial charge in [-0.05, 0) is 43.7 Å². The molecule has 6 rings (SSSR count). The molecule has 15 heteroatoms. The van der Waals surface area contributed by atoms with Crippen LogP contribution in [0.4, 0.5) is 24.7 Å². The molecular formula is C28H30F3N9O3. The van der Waals surface area contributed by atoms with E-state index in [0.29, 0.717) is 68.4 Å². The number of anilines is 2. The van der Waals surface area contributed by atoms with Gasteiger partial charge in [-0.25, -0.2) is 9.97 Å². The van der Waals surface area contributed by atoms with Crippen LogP contribution in [0.15, 0.2) is 43.0 Å². The van der Waals surface area contributed by atoms with Crippen molar-refractivity contribution in [2.45, 2.75) is 25.6 Å². The van der Waals surface area contributed by atoms with Crippen LogP contribution in [0.1, 0.15) is 28.0 Å². The molecule has 3 aromatic heterocycles. The first kappa shape index (κ1) is 28.6. The fourth-order valence-corrected chi connectivity index (χ4v) is 5.69. The first-order chi connectivity index (χ1) is 20.6. The maximum absolute atomic E-state index is 13.4. The predicted molar refractivity (Wildman–Crippen MR) is 149 cm³/mol. The summed E-state index contributed by atoms with van der Waals surface area (Å²) < 4.78 is 41.8. The summed E-state index contributed by atoms with van der Waals surface area (Å²) in [6.07, 6.45) is 0.735. The summed E-state index contributed by atoms with van der Waals surface area (Å²) >= 11 is 0. The molecule has 4 N–H and O–H groups in total. The molecule has 1 aromatic carbocycles. The van der Waals surface area contributed by atoms with Crippen LogP contribution in [-0.2, 0) is 11.0 Å². The number of benzene rings is 1. The van der Waals surface area contributed by atoms with Crippen LogP contribution in [0, 0.1) is 12.8 Å². The number of aliphatic hydroxyl groups excluding tert-OH is 1. The Bertz CT molecular complexity index is 1660. The number of aryl methyl sites for hydroxylation is 1. The van der Waals surface area contributed by atoms with Crippen LogP contribution in [0.5, 0.6) is 0 Å². The molecule has 5 heterocycles. The molecule has 2 aliphatic rings. The van der Waals surface area contributed by atoms with Crippen LogP contribution in [0.25, 0.3) is 16.9 Å². The summed E-state index contributed by atoms with van der Waals surface area (Å²) in [5, 5.41) is 22.1. The minimum Gasteiger partial charge on any atom is -0.391 e. The van der Waals surface area contributed by atoms with Gasteiger partial charge in [-0.2, -0.15) is 18.3 Å². The van der Waals surface area contributed by atoms with E-state index in [1.807, 2.05) is 6.92 Å². The Hall–Kier alpha value is -4.50. The zero-order chi connectivity index (χ0) is 30.3. The number of carbonyl (C=O) groups is 2. The van der Waals surface area contributed by atoms with Crippen LogP contribution >= 0.6 is 0 Å². The van der Waals surface area contributed by atoms with Gasteiger partial charge in [0.1, 0.15) is 0 Å². The number of aromatic nitrogens is 5. The molecule has 2 saturated heterocycles. The molecule has 12 nitrogen and oxygen atoms in total. The van der Waals surface area contributed by atoms with Gasteiger partial charge in [-0.1, -0.05) is 0 Å². The number of halogens is 3. The Kier molecular flexibility index (Phi) is 7.52. The summed E-state index contributed by atoms with van der Waals surface area (Å²) in [6.45, 7) is 4.52. The molecule has 0 aliphatic carbocycles. The van der Waals surface area contributed by atoms with Crippen LogP contribution in [0.2, 0.25) is 0 Å². The number of carbonyl (C=O) groups excluding carboxylic acids is 2. The number of hydrogen-bond acceptors (Lipinski definition) is 8. The summed E-state index contributed by atoms with van der Waals surface area (Å²) in [5.74, 6) is -0.296. The van der Waals surface area contributed by atoms with Gasteiger partial charge in [-0.3, -0.25) is 19.1 Å². The third-order valence-corrected chi connectivity index (χ3v) is 7.98.